The number of hydrazone groups is 1. The largest absolute Gasteiger partial charge is 0.398 e. The number of carbonyl (C=O) groups excluding carboxylic acids is 2. The van der Waals surface area contributed by atoms with Gasteiger partial charge in [-0.2, -0.15) is 5.10 Å². The Labute approximate surface area is 116 Å². The van der Waals surface area contributed by atoms with Crippen LogP contribution >= 0.6 is 0 Å². The molecule has 0 bridgehead atoms. The predicted molar refractivity (Wildman–Crippen MR) is 74.8 cm³/mol. The van der Waals surface area contributed by atoms with Crippen LogP contribution in [0.5, 0.6) is 0 Å². The predicted octanol–water partition coefficient (Wildman–Crippen LogP) is 0.419. The first-order chi connectivity index (χ1) is 9.65. The molecule has 3 rings (SSSR count). The third-order valence-corrected chi connectivity index (χ3v) is 3.74. The lowest BCUT2D eigenvalue weighted by atomic mass is 9.97. The minimum absolute atomic E-state index is 0.0990. The summed E-state index contributed by atoms with van der Waals surface area (Å²) in [6.45, 7) is 1.18. The minimum atomic E-state index is -0.140. The third kappa shape index (κ3) is 2.24. The number of hydrogen-bond donors (Lipinski definition) is 2. The standard InChI is InChI=1S/C14H16N4O2/c15-11-3-1-2-9-8-18(7-6-10(9)11)14(20)12-4-5-13(19)17-16-12/h1-3H,4-8,15H2,(H,17,19). The number of nitrogen functional groups attached to an aromatic ring is 1. The van der Waals surface area contributed by atoms with Crippen molar-refractivity contribution in [2.45, 2.75) is 25.8 Å². The second-order valence-electron chi connectivity index (χ2n) is 5.06. The molecule has 2 aliphatic rings. The fourth-order valence-corrected chi connectivity index (χ4v) is 2.62. The number of nitrogens with one attached hydrogen (secondary N) is 1. The molecule has 3 N–H and O–H groups in total. The van der Waals surface area contributed by atoms with Gasteiger partial charge in [-0.15, -0.1) is 0 Å². The van der Waals surface area contributed by atoms with Crippen LogP contribution in [-0.4, -0.2) is 29.0 Å². The van der Waals surface area contributed by atoms with E-state index in [2.05, 4.69) is 10.5 Å². The molecule has 0 radical (unpaired) electrons. The zero-order chi connectivity index (χ0) is 14.1. The highest BCUT2D eigenvalue weighted by molar-refractivity contribution is 6.39. The second-order valence-corrected chi connectivity index (χ2v) is 5.06. The summed E-state index contributed by atoms with van der Waals surface area (Å²) in [6, 6.07) is 5.78. The van der Waals surface area contributed by atoms with Crippen molar-refractivity contribution in [3.8, 4) is 0 Å². The van der Waals surface area contributed by atoms with Crippen molar-refractivity contribution in [3.05, 3.63) is 29.3 Å². The second kappa shape index (κ2) is 4.96. The number of nitrogens with two attached hydrogens (primary N) is 1. The van der Waals surface area contributed by atoms with Gasteiger partial charge < -0.3 is 10.6 Å². The van der Waals surface area contributed by atoms with Crippen molar-refractivity contribution in [1.82, 2.24) is 10.3 Å². The van der Waals surface area contributed by atoms with Gasteiger partial charge in [0.05, 0.1) is 0 Å². The van der Waals surface area contributed by atoms with E-state index >= 15 is 0 Å². The Morgan fingerprint density at radius 2 is 2.15 bits per heavy atom. The van der Waals surface area contributed by atoms with Crippen molar-refractivity contribution in [3.63, 3.8) is 0 Å². The van der Waals surface area contributed by atoms with Crippen LogP contribution in [0.15, 0.2) is 23.3 Å². The fraction of sp³-hybridized carbons (Fsp3) is 0.357. The van der Waals surface area contributed by atoms with Gasteiger partial charge in [-0.3, -0.25) is 9.59 Å². The Balaban J connectivity index is 1.77. The molecular weight excluding hydrogens is 256 g/mol. The average molecular weight is 272 g/mol. The van der Waals surface area contributed by atoms with E-state index in [1.165, 1.54) is 0 Å². The molecule has 2 amide bonds. The van der Waals surface area contributed by atoms with Crippen LogP contribution in [0.1, 0.15) is 24.0 Å². The average Bonchev–Trinajstić information content (AvgIpc) is 2.47. The van der Waals surface area contributed by atoms with Gasteiger partial charge in [0.15, 0.2) is 0 Å². The number of carbonyl (C=O) groups is 2. The fourth-order valence-electron chi connectivity index (χ4n) is 2.62. The highest BCUT2D eigenvalue weighted by Crippen LogP contribution is 2.24. The summed E-state index contributed by atoms with van der Waals surface area (Å²) >= 11 is 0. The van der Waals surface area contributed by atoms with Crippen LogP contribution in [-0.2, 0) is 22.6 Å². The Hall–Kier alpha value is -2.37. The van der Waals surface area contributed by atoms with Crippen molar-refractivity contribution < 1.29 is 9.59 Å². The number of anilines is 1. The van der Waals surface area contributed by atoms with Crippen LogP contribution in [0, 0.1) is 0 Å². The first kappa shape index (κ1) is 12.7. The molecule has 0 spiro atoms. The van der Waals surface area contributed by atoms with E-state index in [9.17, 15) is 9.59 Å². The lowest BCUT2D eigenvalue weighted by molar-refractivity contribution is -0.125. The van der Waals surface area contributed by atoms with Crippen LogP contribution in [0.25, 0.3) is 0 Å². The number of fused-ring (bicyclic) bond motifs is 1. The summed E-state index contributed by atoms with van der Waals surface area (Å²) in [6.07, 6.45) is 1.49. The van der Waals surface area contributed by atoms with Crippen molar-refractivity contribution >= 4 is 23.2 Å². The normalized spacial score (nSPS) is 18.1. The molecule has 104 valence electrons. The molecule has 6 nitrogen and oxygen atoms in total. The maximum Gasteiger partial charge on any atom is 0.270 e. The Bertz CT molecular complexity index is 609. The van der Waals surface area contributed by atoms with Gasteiger partial charge in [-0.1, -0.05) is 12.1 Å². The van der Waals surface area contributed by atoms with Crippen LogP contribution in [0.3, 0.4) is 0 Å². The molecule has 1 aromatic carbocycles. The smallest absolute Gasteiger partial charge is 0.270 e. The van der Waals surface area contributed by atoms with Crippen molar-refractivity contribution in [1.29, 1.82) is 0 Å². The third-order valence-electron chi connectivity index (χ3n) is 3.74. The molecule has 2 aliphatic heterocycles. The molecule has 1 aromatic rings. The highest BCUT2D eigenvalue weighted by atomic mass is 16.2. The number of rotatable bonds is 1. The first-order valence-corrected chi connectivity index (χ1v) is 6.66. The zero-order valence-electron chi connectivity index (χ0n) is 11.1. The monoisotopic (exact) mass is 272 g/mol. The molecule has 0 atom stereocenters. The Morgan fingerprint density at radius 1 is 1.30 bits per heavy atom. The number of amides is 2. The molecule has 0 aliphatic carbocycles. The molecule has 0 unspecified atom stereocenters. The molecule has 0 saturated heterocycles. The molecule has 0 saturated carbocycles. The lowest BCUT2D eigenvalue weighted by Crippen LogP contribution is -2.42. The summed E-state index contributed by atoms with van der Waals surface area (Å²) < 4.78 is 0. The minimum Gasteiger partial charge on any atom is -0.398 e. The quantitative estimate of drug-likeness (QED) is 0.726. The SMILES string of the molecule is Nc1cccc2c1CCN(C(=O)C1=NNC(=O)CC1)C2. The lowest BCUT2D eigenvalue weighted by Gasteiger charge is -2.30. The number of nitrogens with zero attached hydrogens (tertiary/aromatic N) is 2. The van der Waals surface area contributed by atoms with E-state index < -0.39 is 0 Å². The van der Waals surface area contributed by atoms with Crippen molar-refractivity contribution in [2.75, 3.05) is 12.3 Å². The number of benzene rings is 1. The summed E-state index contributed by atoms with van der Waals surface area (Å²) in [5, 5.41) is 3.86. The maximum atomic E-state index is 12.4. The van der Waals surface area contributed by atoms with Crippen LogP contribution in [0.2, 0.25) is 0 Å². The maximum absolute atomic E-state index is 12.4. The zero-order valence-corrected chi connectivity index (χ0v) is 11.1. The molecule has 0 fully saturated rings. The summed E-state index contributed by atoms with van der Waals surface area (Å²) in [5.74, 6) is -0.239. The van der Waals surface area contributed by atoms with E-state index in [4.69, 9.17) is 5.73 Å². The van der Waals surface area contributed by atoms with Gasteiger partial charge in [0.1, 0.15) is 5.71 Å². The van der Waals surface area contributed by atoms with Gasteiger partial charge >= 0.3 is 0 Å². The van der Waals surface area contributed by atoms with Gasteiger partial charge in [0.25, 0.3) is 5.91 Å². The van der Waals surface area contributed by atoms with Gasteiger partial charge in [0, 0.05) is 31.6 Å². The van der Waals surface area contributed by atoms with Crippen LogP contribution in [0.4, 0.5) is 5.69 Å². The van der Waals surface area contributed by atoms with Gasteiger partial charge in [-0.05, 0) is 23.6 Å². The van der Waals surface area contributed by atoms with Gasteiger partial charge in [-0.25, -0.2) is 5.43 Å². The van der Waals surface area contributed by atoms with E-state index in [0.717, 1.165) is 23.2 Å². The van der Waals surface area contributed by atoms with E-state index in [0.29, 0.717) is 31.6 Å². The molecular formula is C14H16N4O2. The Morgan fingerprint density at radius 3 is 2.90 bits per heavy atom. The van der Waals surface area contributed by atoms with Crippen molar-refractivity contribution in [2.24, 2.45) is 5.10 Å². The number of hydrogen-bond acceptors (Lipinski definition) is 4. The summed E-state index contributed by atoms with van der Waals surface area (Å²) in [7, 11) is 0. The molecule has 0 aromatic heterocycles. The Kier molecular flexibility index (Phi) is 3.14. The highest BCUT2D eigenvalue weighted by Gasteiger charge is 2.27. The van der Waals surface area contributed by atoms with Crippen LogP contribution < -0.4 is 11.2 Å². The molecule has 2 heterocycles. The van der Waals surface area contributed by atoms with E-state index in [1.54, 1.807) is 4.90 Å². The molecule has 6 heteroatoms. The summed E-state index contributed by atoms with van der Waals surface area (Å²) in [5.41, 5.74) is 11.7. The molecule has 20 heavy (non-hydrogen) atoms. The first-order valence-electron chi connectivity index (χ1n) is 6.66. The summed E-state index contributed by atoms with van der Waals surface area (Å²) in [4.78, 5) is 25.2. The van der Waals surface area contributed by atoms with E-state index in [1.807, 2.05) is 18.2 Å². The topological polar surface area (TPSA) is 87.8 Å². The van der Waals surface area contributed by atoms with E-state index in [-0.39, 0.29) is 11.8 Å². The van der Waals surface area contributed by atoms with Gasteiger partial charge in [0.2, 0.25) is 5.91 Å².